The molecule has 8 heteroatoms. The van der Waals surface area contributed by atoms with Crippen LogP contribution < -0.4 is 4.18 Å². The fourth-order valence-electron chi connectivity index (χ4n) is 1.38. The second-order valence-corrected chi connectivity index (χ2v) is 6.02. The summed E-state index contributed by atoms with van der Waals surface area (Å²) < 4.78 is 54.5. The molecule has 3 nitrogen and oxygen atoms in total. The summed E-state index contributed by atoms with van der Waals surface area (Å²) in [6.07, 6.45) is 0. The lowest BCUT2D eigenvalue weighted by Crippen LogP contribution is -2.10. The van der Waals surface area contributed by atoms with Crippen LogP contribution in [0.4, 0.5) is 8.78 Å². The Morgan fingerprint density at radius 2 is 1.45 bits per heavy atom. The SMILES string of the molecule is O=S(=O)(Oc1ccc(F)cc1Cl)c1ccc(F)cc1Cl. The first-order valence-corrected chi connectivity index (χ1v) is 7.30. The molecule has 0 saturated heterocycles. The molecule has 0 spiro atoms. The van der Waals surface area contributed by atoms with Gasteiger partial charge >= 0.3 is 10.1 Å². The number of benzene rings is 2. The zero-order valence-corrected chi connectivity index (χ0v) is 11.9. The molecule has 0 aliphatic carbocycles. The van der Waals surface area contributed by atoms with Crippen molar-refractivity contribution in [1.29, 1.82) is 0 Å². The predicted octanol–water partition coefficient (Wildman–Crippen LogP) is 4.04. The van der Waals surface area contributed by atoms with E-state index in [4.69, 9.17) is 27.4 Å². The molecule has 106 valence electrons. The maximum absolute atomic E-state index is 12.9. The molecular formula is C12H6Cl2F2O3S. The largest absolute Gasteiger partial charge is 0.377 e. The Hall–Kier alpha value is -1.37. The predicted molar refractivity (Wildman–Crippen MR) is 70.6 cm³/mol. The zero-order chi connectivity index (χ0) is 14.9. The zero-order valence-electron chi connectivity index (χ0n) is 9.61. The molecule has 2 aromatic carbocycles. The molecule has 0 amide bonds. The molecule has 2 aromatic rings. The third-order valence-corrected chi connectivity index (χ3v) is 4.27. The van der Waals surface area contributed by atoms with Gasteiger partial charge in [0.15, 0.2) is 5.75 Å². The number of hydrogen-bond acceptors (Lipinski definition) is 3. The summed E-state index contributed by atoms with van der Waals surface area (Å²) in [7, 11) is -4.30. The summed E-state index contributed by atoms with van der Waals surface area (Å²) in [4.78, 5) is -0.416. The lowest BCUT2D eigenvalue weighted by atomic mass is 10.3. The molecule has 0 N–H and O–H groups in total. The minimum Gasteiger partial charge on any atom is -0.377 e. The summed E-state index contributed by atoms with van der Waals surface area (Å²) in [5, 5.41) is -0.546. The highest BCUT2D eigenvalue weighted by Gasteiger charge is 2.22. The summed E-state index contributed by atoms with van der Waals surface area (Å²) in [6.45, 7) is 0. The molecule has 2 rings (SSSR count). The van der Waals surface area contributed by atoms with E-state index in [0.717, 1.165) is 36.4 Å². The quantitative estimate of drug-likeness (QED) is 0.793. The summed E-state index contributed by atoms with van der Waals surface area (Å²) in [5.74, 6) is -1.58. The molecular weight excluding hydrogens is 333 g/mol. The first-order chi connectivity index (χ1) is 9.29. The highest BCUT2D eigenvalue weighted by molar-refractivity contribution is 7.87. The average molecular weight is 339 g/mol. The van der Waals surface area contributed by atoms with Crippen molar-refractivity contribution in [3.05, 3.63) is 58.1 Å². The van der Waals surface area contributed by atoms with Crippen LogP contribution in [0.2, 0.25) is 10.0 Å². The third-order valence-electron chi connectivity index (χ3n) is 2.26. The molecule has 0 aliphatic rings. The van der Waals surface area contributed by atoms with Gasteiger partial charge < -0.3 is 4.18 Å². The van der Waals surface area contributed by atoms with Gasteiger partial charge in [-0.25, -0.2) is 8.78 Å². The third kappa shape index (κ3) is 3.20. The van der Waals surface area contributed by atoms with E-state index in [1.54, 1.807) is 0 Å². The molecule has 20 heavy (non-hydrogen) atoms. The molecule has 0 atom stereocenters. The average Bonchev–Trinajstić information content (AvgIpc) is 2.32. The van der Waals surface area contributed by atoms with Gasteiger partial charge in [-0.1, -0.05) is 23.2 Å². The van der Waals surface area contributed by atoms with Gasteiger partial charge in [-0.2, -0.15) is 8.42 Å². The Morgan fingerprint density at radius 1 is 0.900 bits per heavy atom. The van der Waals surface area contributed by atoms with Crippen LogP contribution in [0.3, 0.4) is 0 Å². The second kappa shape index (κ2) is 5.55. The fourth-order valence-corrected chi connectivity index (χ4v) is 3.09. The Balaban J connectivity index is 2.41. The topological polar surface area (TPSA) is 43.4 Å². The highest BCUT2D eigenvalue weighted by atomic mass is 35.5. The van der Waals surface area contributed by atoms with Crippen molar-refractivity contribution in [3.63, 3.8) is 0 Å². The van der Waals surface area contributed by atoms with E-state index in [9.17, 15) is 17.2 Å². The van der Waals surface area contributed by atoms with Gasteiger partial charge in [0.2, 0.25) is 0 Å². The van der Waals surface area contributed by atoms with E-state index in [1.165, 1.54) is 0 Å². The van der Waals surface area contributed by atoms with E-state index < -0.39 is 26.6 Å². The normalized spacial score (nSPS) is 11.4. The van der Waals surface area contributed by atoms with Crippen LogP contribution in [0.5, 0.6) is 5.75 Å². The van der Waals surface area contributed by atoms with Gasteiger partial charge in [0.1, 0.15) is 16.5 Å². The van der Waals surface area contributed by atoms with E-state index in [0.29, 0.717) is 0 Å². The van der Waals surface area contributed by atoms with E-state index in [1.807, 2.05) is 0 Å². The van der Waals surface area contributed by atoms with Gasteiger partial charge in [-0.05, 0) is 36.4 Å². The minimum absolute atomic E-state index is 0.216. The lowest BCUT2D eigenvalue weighted by molar-refractivity contribution is 0.485. The Bertz CT molecular complexity index is 763. The van der Waals surface area contributed by atoms with Gasteiger partial charge in [0, 0.05) is 0 Å². The molecule has 0 unspecified atom stereocenters. The number of halogens is 4. The molecule has 0 saturated carbocycles. The van der Waals surface area contributed by atoms with Crippen LogP contribution >= 0.6 is 23.2 Å². The van der Waals surface area contributed by atoms with Crippen LogP contribution in [0.25, 0.3) is 0 Å². The van der Waals surface area contributed by atoms with E-state index in [-0.39, 0.29) is 15.8 Å². The number of hydrogen-bond donors (Lipinski definition) is 0. The standard InChI is InChI=1S/C12H6Cl2F2O3S/c13-9-5-7(15)1-3-11(9)19-20(17,18)12-4-2-8(16)6-10(12)14/h1-6H. The maximum atomic E-state index is 12.9. The van der Waals surface area contributed by atoms with Crippen molar-refractivity contribution in [3.8, 4) is 5.75 Å². The first kappa shape index (κ1) is 15.0. The smallest absolute Gasteiger partial charge is 0.340 e. The molecule has 0 aromatic heterocycles. The summed E-state index contributed by atoms with van der Waals surface area (Å²) in [5.41, 5.74) is 0. The van der Waals surface area contributed by atoms with Crippen LogP contribution in [0.15, 0.2) is 41.3 Å². The summed E-state index contributed by atoms with van der Waals surface area (Å²) >= 11 is 11.3. The van der Waals surface area contributed by atoms with Gasteiger partial charge in [-0.15, -0.1) is 0 Å². The number of rotatable bonds is 3. The van der Waals surface area contributed by atoms with Crippen molar-refractivity contribution < 1.29 is 21.4 Å². The molecule has 0 bridgehead atoms. The second-order valence-electron chi connectivity index (χ2n) is 3.69. The van der Waals surface area contributed by atoms with Crippen molar-refractivity contribution in [2.45, 2.75) is 4.90 Å². The Morgan fingerprint density at radius 3 is 2.00 bits per heavy atom. The van der Waals surface area contributed by atoms with Crippen LogP contribution in [-0.2, 0) is 10.1 Å². The molecule has 0 heterocycles. The van der Waals surface area contributed by atoms with E-state index >= 15 is 0 Å². The summed E-state index contributed by atoms with van der Waals surface area (Å²) in [6, 6.07) is 5.68. The Labute approximate surface area is 123 Å². The van der Waals surface area contributed by atoms with Crippen LogP contribution in [0, 0.1) is 11.6 Å². The highest BCUT2D eigenvalue weighted by Crippen LogP contribution is 2.30. The molecule has 0 radical (unpaired) electrons. The molecule has 0 aliphatic heterocycles. The monoisotopic (exact) mass is 338 g/mol. The van der Waals surface area contributed by atoms with Gasteiger partial charge in [-0.3, -0.25) is 0 Å². The van der Waals surface area contributed by atoms with Crippen molar-refractivity contribution >= 4 is 33.3 Å². The van der Waals surface area contributed by atoms with Gasteiger partial charge in [0.05, 0.1) is 10.0 Å². The van der Waals surface area contributed by atoms with Crippen molar-refractivity contribution in [2.75, 3.05) is 0 Å². The van der Waals surface area contributed by atoms with Crippen LogP contribution in [0.1, 0.15) is 0 Å². The molecule has 0 fully saturated rings. The van der Waals surface area contributed by atoms with E-state index in [2.05, 4.69) is 0 Å². The minimum atomic E-state index is -4.30. The van der Waals surface area contributed by atoms with Crippen molar-refractivity contribution in [2.24, 2.45) is 0 Å². The first-order valence-electron chi connectivity index (χ1n) is 5.14. The van der Waals surface area contributed by atoms with Gasteiger partial charge in [0.25, 0.3) is 0 Å². The van der Waals surface area contributed by atoms with Crippen molar-refractivity contribution in [1.82, 2.24) is 0 Å². The lowest BCUT2D eigenvalue weighted by Gasteiger charge is -2.09. The Kier molecular flexibility index (Phi) is 4.17. The van der Waals surface area contributed by atoms with Crippen LogP contribution in [-0.4, -0.2) is 8.42 Å². The fraction of sp³-hybridized carbons (Fsp3) is 0. The maximum Gasteiger partial charge on any atom is 0.340 e.